The number of rotatable bonds is 4. The molecule has 1 N–H and O–H groups in total. The van der Waals surface area contributed by atoms with Gasteiger partial charge in [0.25, 0.3) is 0 Å². The van der Waals surface area contributed by atoms with Crippen LogP contribution in [0.5, 0.6) is 0 Å². The monoisotopic (exact) mass is 261 g/mol. The summed E-state index contributed by atoms with van der Waals surface area (Å²) in [5.41, 5.74) is 1.10. The summed E-state index contributed by atoms with van der Waals surface area (Å²) in [6.45, 7) is 5.87. The van der Waals surface area contributed by atoms with E-state index < -0.39 is 0 Å². The van der Waals surface area contributed by atoms with Crippen LogP contribution >= 0.6 is 11.3 Å². The van der Waals surface area contributed by atoms with Gasteiger partial charge in [0.2, 0.25) is 0 Å². The highest BCUT2D eigenvalue weighted by Crippen LogP contribution is 2.25. The summed E-state index contributed by atoms with van der Waals surface area (Å²) in [6, 6.07) is 8.77. The number of fused-ring (bicyclic) bond motifs is 1. The quantitative estimate of drug-likeness (QED) is 0.916. The van der Waals surface area contributed by atoms with Crippen LogP contribution in [0.15, 0.2) is 24.3 Å². The second-order valence-electron chi connectivity index (χ2n) is 5.04. The van der Waals surface area contributed by atoms with E-state index in [1.54, 1.807) is 11.3 Å². The summed E-state index contributed by atoms with van der Waals surface area (Å²) in [4.78, 5) is 7.15. The molecule has 1 unspecified atom stereocenters. The van der Waals surface area contributed by atoms with Crippen molar-refractivity contribution >= 4 is 26.7 Å². The van der Waals surface area contributed by atoms with Gasteiger partial charge < -0.3 is 10.2 Å². The number of hydrogen-bond acceptors (Lipinski definition) is 4. The lowest BCUT2D eigenvalue weighted by atomic mass is 10.3. The zero-order valence-electron chi connectivity index (χ0n) is 10.7. The Labute approximate surface area is 112 Å². The van der Waals surface area contributed by atoms with Gasteiger partial charge in [0.15, 0.2) is 5.13 Å². The minimum atomic E-state index is 0.462. The fraction of sp³-hybridized carbons (Fsp3) is 0.500. The second kappa shape index (κ2) is 5.24. The van der Waals surface area contributed by atoms with Crippen molar-refractivity contribution in [2.24, 2.45) is 0 Å². The van der Waals surface area contributed by atoms with Gasteiger partial charge in [-0.1, -0.05) is 23.5 Å². The van der Waals surface area contributed by atoms with Gasteiger partial charge in [0.05, 0.1) is 10.2 Å². The van der Waals surface area contributed by atoms with Crippen molar-refractivity contribution in [3.8, 4) is 0 Å². The van der Waals surface area contributed by atoms with E-state index in [-0.39, 0.29) is 0 Å². The molecule has 18 heavy (non-hydrogen) atoms. The van der Waals surface area contributed by atoms with E-state index in [0.717, 1.165) is 17.2 Å². The third kappa shape index (κ3) is 2.65. The maximum atomic E-state index is 4.62. The Bertz CT molecular complexity index is 483. The maximum Gasteiger partial charge on any atom is 0.184 e. The third-order valence-electron chi connectivity index (χ3n) is 3.39. The molecular weight excluding hydrogens is 242 g/mol. The minimum Gasteiger partial charge on any atom is -0.358 e. The molecule has 3 nitrogen and oxygen atoms in total. The predicted octanol–water partition coefficient (Wildman–Crippen LogP) is 3.19. The lowest BCUT2D eigenvalue weighted by molar-refractivity contribution is 0.328. The molecule has 0 spiro atoms. The van der Waals surface area contributed by atoms with Gasteiger partial charge in [-0.3, -0.25) is 0 Å². The van der Waals surface area contributed by atoms with Crippen LogP contribution in [0.1, 0.15) is 19.8 Å². The molecule has 0 saturated carbocycles. The summed E-state index contributed by atoms with van der Waals surface area (Å²) < 4.78 is 1.26. The molecule has 1 saturated heterocycles. The number of anilines is 1. The number of benzene rings is 1. The van der Waals surface area contributed by atoms with Crippen LogP contribution in [0.4, 0.5) is 5.13 Å². The van der Waals surface area contributed by atoms with Crippen LogP contribution in [-0.2, 0) is 0 Å². The molecule has 1 aliphatic rings. The Morgan fingerprint density at radius 1 is 1.33 bits per heavy atom. The van der Waals surface area contributed by atoms with Gasteiger partial charge in [-0.05, 0) is 45.0 Å². The summed E-state index contributed by atoms with van der Waals surface area (Å²) >= 11 is 1.74. The highest BCUT2D eigenvalue weighted by atomic mass is 32.1. The molecule has 2 aromatic rings. The number of para-hydroxylation sites is 1. The molecule has 1 aliphatic heterocycles. The first-order valence-electron chi connectivity index (χ1n) is 6.66. The molecule has 0 bridgehead atoms. The molecule has 1 fully saturated rings. The number of hydrogen-bond donors (Lipinski definition) is 1. The molecule has 4 heteroatoms. The van der Waals surface area contributed by atoms with Crippen molar-refractivity contribution in [3.05, 3.63) is 24.3 Å². The van der Waals surface area contributed by atoms with E-state index in [1.165, 1.54) is 30.6 Å². The summed E-state index contributed by atoms with van der Waals surface area (Å²) in [7, 11) is 0. The first-order chi connectivity index (χ1) is 8.81. The van der Waals surface area contributed by atoms with E-state index in [9.17, 15) is 0 Å². The molecule has 2 heterocycles. The van der Waals surface area contributed by atoms with E-state index in [0.29, 0.717) is 6.04 Å². The summed E-state index contributed by atoms with van der Waals surface area (Å²) in [5, 5.41) is 4.57. The minimum absolute atomic E-state index is 0.462. The average molecular weight is 261 g/mol. The van der Waals surface area contributed by atoms with Gasteiger partial charge in [0, 0.05) is 12.6 Å². The lowest BCUT2D eigenvalue weighted by Gasteiger charge is -2.20. The lowest BCUT2D eigenvalue weighted by Crippen LogP contribution is -2.32. The van der Waals surface area contributed by atoms with Gasteiger partial charge in [-0.15, -0.1) is 0 Å². The molecule has 1 aromatic heterocycles. The molecule has 0 aliphatic carbocycles. The Morgan fingerprint density at radius 2 is 2.11 bits per heavy atom. The number of aromatic nitrogens is 1. The fourth-order valence-corrected chi connectivity index (χ4v) is 3.52. The Hall–Kier alpha value is -1.13. The molecule has 0 amide bonds. The first kappa shape index (κ1) is 11.9. The van der Waals surface area contributed by atoms with Crippen molar-refractivity contribution in [2.45, 2.75) is 25.8 Å². The fourth-order valence-electron chi connectivity index (χ4n) is 2.54. The molecule has 1 atom stereocenters. The van der Waals surface area contributed by atoms with E-state index in [1.807, 2.05) is 6.07 Å². The van der Waals surface area contributed by atoms with Crippen molar-refractivity contribution in [1.82, 2.24) is 9.88 Å². The molecular formula is C14H19N3S. The standard InChI is InChI=1S/C14H19N3S/c1-11(10-17-8-4-5-9-17)15-14-16-12-6-2-3-7-13(12)18-14/h2-3,6-7,11H,4-5,8-10H2,1H3,(H,15,16). The molecule has 3 rings (SSSR count). The van der Waals surface area contributed by atoms with Gasteiger partial charge in [-0.2, -0.15) is 0 Å². The Morgan fingerprint density at radius 3 is 2.89 bits per heavy atom. The van der Waals surface area contributed by atoms with E-state index in [2.05, 4.69) is 40.3 Å². The number of nitrogens with one attached hydrogen (secondary N) is 1. The zero-order chi connectivity index (χ0) is 12.4. The summed E-state index contributed by atoms with van der Waals surface area (Å²) in [5.74, 6) is 0. The SMILES string of the molecule is CC(CN1CCCC1)Nc1nc2ccccc2s1. The van der Waals surface area contributed by atoms with Crippen molar-refractivity contribution in [1.29, 1.82) is 0 Å². The normalized spacial score (nSPS) is 18.3. The van der Waals surface area contributed by atoms with Crippen LogP contribution in [0.25, 0.3) is 10.2 Å². The maximum absolute atomic E-state index is 4.62. The first-order valence-corrected chi connectivity index (χ1v) is 7.47. The smallest absolute Gasteiger partial charge is 0.184 e. The Balaban J connectivity index is 1.64. The number of thiazole rings is 1. The second-order valence-corrected chi connectivity index (χ2v) is 6.07. The average Bonchev–Trinajstić information content (AvgIpc) is 2.96. The molecule has 1 aromatic carbocycles. The van der Waals surface area contributed by atoms with Gasteiger partial charge in [-0.25, -0.2) is 4.98 Å². The van der Waals surface area contributed by atoms with Crippen LogP contribution in [0.3, 0.4) is 0 Å². The van der Waals surface area contributed by atoms with Crippen LogP contribution in [0.2, 0.25) is 0 Å². The van der Waals surface area contributed by atoms with Crippen LogP contribution in [-0.4, -0.2) is 35.6 Å². The van der Waals surface area contributed by atoms with Crippen molar-refractivity contribution in [3.63, 3.8) is 0 Å². The third-order valence-corrected chi connectivity index (χ3v) is 4.36. The van der Waals surface area contributed by atoms with Gasteiger partial charge in [0.1, 0.15) is 0 Å². The highest BCUT2D eigenvalue weighted by Gasteiger charge is 2.15. The highest BCUT2D eigenvalue weighted by molar-refractivity contribution is 7.22. The Kier molecular flexibility index (Phi) is 3.48. The van der Waals surface area contributed by atoms with E-state index in [4.69, 9.17) is 0 Å². The summed E-state index contributed by atoms with van der Waals surface area (Å²) in [6.07, 6.45) is 2.71. The van der Waals surface area contributed by atoms with Crippen LogP contribution in [0, 0.1) is 0 Å². The van der Waals surface area contributed by atoms with Gasteiger partial charge >= 0.3 is 0 Å². The molecule has 0 radical (unpaired) electrons. The topological polar surface area (TPSA) is 28.2 Å². The van der Waals surface area contributed by atoms with E-state index >= 15 is 0 Å². The van der Waals surface area contributed by atoms with Crippen molar-refractivity contribution in [2.75, 3.05) is 25.0 Å². The number of likely N-dealkylation sites (tertiary alicyclic amines) is 1. The molecule has 96 valence electrons. The van der Waals surface area contributed by atoms with Crippen molar-refractivity contribution < 1.29 is 0 Å². The number of nitrogens with zero attached hydrogens (tertiary/aromatic N) is 2. The zero-order valence-corrected chi connectivity index (χ0v) is 11.5. The largest absolute Gasteiger partial charge is 0.358 e. The predicted molar refractivity (Wildman–Crippen MR) is 78.4 cm³/mol. The van der Waals surface area contributed by atoms with Crippen LogP contribution < -0.4 is 5.32 Å².